The Balaban J connectivity index is 1.86. The lowest BCUT2D eigenvalue weighted by molar-refractivity contribution is -0.0338. The third-order valence-electron chi connectivity index (χ3n) is 5.31. The molecule has 3 aliphatic rings. The molecule has 0 aromatic heterocycles. The van der Waals surface area contributed by atoms with Crippen molar-refractivity contribution in [3.8, 4) is 5.75 Å². The van der Waals surface area contributed by atoms with Gasteiger partial charge in [0.15, 0.2) is 0 Å². The van der Waals surface area contributed by atoms with E-state index in [0.29, 0.717) is 11.3 Å². The van der Waals surface area contributed by atoms with Crippen LogP contribution in [0.25, 0.3) is 0 Å². The molecule has 3 saturated carbocycles. The smallest absolute Gasteiger partial charge is 0.119 e. The zero-order chi connectivity index (χ0) is 13.6. The van der Waals surface area contributed by atoms with Gasteiger partial charge in [0, 0.05) is 11.6 Å². The second-order valence-electron chi connectivity index (χ2n) is 6.70. The molecule has 3 aliphatic carbocycles. The molecule has 0 spiro atoms. The van der Waals surface area contributed by atoms with Gasteiger partial charge in [0.1, 0.15) is 5.75 Å². The van der Waals surface area contributed by atoms with Gasteiger partial charge >= 0.3 is 0 Å². The summed E-state index contributed by atoms with van der Waals surface area (Å²) in [6, 6.07) is 8.07. The van der Waals surface area contributed by atoms with Gasteiger partial charge < -0.3 is 4.74 Å². The molecule has 3 fully saturated rings. The van der Waals surface area contributed by atoms with Crippen LogP contribution in [0.15, 0.2) is 29.3 Å². The lowest BCUT2D eigenvalue weighted by Gasteiger charge is -2.59. The maximum Gasteiger partial charge on any atom is 0.119 e. The molecule has 2 heteroatoms. The van der Waals surface area contributed by atoms with Gasteiger partial charge in [0.05, 0.1) is 12.8 Å². The van der Waals surface area contributed by atoms with Crippen LogP contribution in [0.4, 0.5) is 5.69 Å². The quantitative estimate of drug-likeness (QED) is 0.766. The van der Waals surface area contributed by atoms with Gasteiger partial charge in [0.2, 0.25) is 0 Å². The molecular weight excluding hydrogens is 234 g/mol. The van der Waals surface area contributed by atoms with Gasteiger partial charge in [-0.25, -0.2) is 0 Å². The normalized spacial score (nSPS) is 33.9. The molecule has 19 heavy (non-hydrogen) atoms. The van der Waals surface area contributed by atoms with Crippen molar-refractivity contribution in [2.75, 3.05) is 7.11 Å². The molecule has 0 amide bonds. The van der Waals surface area contributed by atoms with E-state index in [1.165, 1.54) is 18.6 Å². The van der Waals surface area contributed by atoms with E-state index >= 15 is 0 Å². The number of aliphatic imine (C=N–C) groups is 1. The Hall–Kier alpha value is -1.31. The van der Waals surface area contributed by atoms with Crippen LogP contribution in [0, 0.1) is 23.2 Å². The van der Waals surface area contributed by atoms with Crippen molar-refractivity contribution in [1.82, 2.24) is 0 Å². The van der Waals surface area contributed by atoms with Crippen molar-refractivity contribution < 1.29 is 4.74 Å². The van der Waals surface area contributed by atoms with Gasteiger partial charge in [-0.2, -0.15) is 0 Å². The molecule has 3 atom stereocenters. The van der Waals surface area contributed by atoms with E-state index in [9.17, 15) is 0 Å². The van der Waals surface area contributed by atoms with E-state index in [0.717, 1.165) is 23.3 Å². The number of hydrogen-bond acceptors (Lipinski definition) is 2. The second-order valence-corrected chi connectivity index (χ2v) is 6.70. The standard InChI is InChI=1S/C17H23NO/c1-11-9-16(15-10-14(11)17(15,2)3)18-12-5-7-13(19-4)8-6-12/h5-8,11,14-15H,9-10H2,1-4H3/t11-,14+,15-/m1/s1. The first kappa shape index (κ1) is 12.7. The molecule has 4 rings (SSSR count). The zero-order valence-electron chi connectivity index (χ0n) is 12.3. The lowest BCUT2D eigenvalue weighted by Crippen LogP contribution is -2.56. The van der Waals surface area contributed by atoms with Crippen LogP contribution in [-0.4, -0.2) is 12.8 Å². The highest BCUT2D eigenvalue weighted by Gasteiger charge is 2.55. The average Bonchev–Trinajstić information content (AvgIpc) is 2.38. The molecule has 0 saturated heterocycles. The fourth-order valence-electron chi connectivity index (χ4n) is 4.05. The molecule has 0 aliphatic heterocycles. The van der Waals surface area contributed by atoms with Crippen molar-refractivity contribution >= 4 is 11.4 Å². The molecule has 0 heterocycles. The van der Waals surface area contributed by atoms with E-state index in [2.05, 4.69) is 20.8 Å². The van der Waals surface area contributed by atoms with Gasteiger partial charge in [0.25, 0.3) is 0 Å². The van der Waals surface area contributed by atoms with Gasteiger partial charge in [-0.05, 0) is 54.4 Å². The van der Waals surface area contributed by atoms with Crippen LogP contribution in [-0.2, 0) is 0 Å². The van der Waals surface area contributed by atoms with Crippen LogP contribution in [0.2, 0.25) is 0 Å². The maximum atomic E-state index is 5.19. The summed E-state index contributed by atoms with van der Waals surface area (Å²) in [6.45, 7) is 7.20. The van der Waals surface area contributed by atoms with Crippen molar-refractivity contribution in [2.45, 2.75) is 33.6 Å². The summed E-state index contributed by atoms with van der Waals surface area (Å²) in [4.78, 5) is 4.92. The topological polar surface area (TPSA) is 21.6 Å². The Morgan fingerprint density at radius 2 is 1.89 bits per heavy atom. The summed E-state index contributed by atoms with van der Waals surface area (Å²) in [5.74, 6) is 3.25. The molecule has 1 aromatic rings. The summed E-state index contributed by atoms with van der Waals surface area (Å²) in [6.07, 6.45) is 2.51. The molecule has 1 aromatic carbocycles. The summed E-state index contributed by atoms with van der Waals surface area (Å²) < 4.78 is 5.19. The summed E-state index contributed by atoms with van der Waals surface area (Å²) in [5, 5.41) is 0. The third kappa shape index (κ3) is 1.98. The lowest BCUT2D eigenvalue weighted by atomic mass is 9.45. The first-order chi connectivity index (χ1) is 9.02. The van der Waals surface area contributed by atoms with Crippen LogP contribution in [0.5, 0.6) is 5.75 Å². The Bertz CT molecular complexity index is 500. The SMILES string of the molecule is COc1ccc(N=C2C[C@@H](C)[C@@H]3C[C@H]2C3(C)C)cc1. The van der Waals surface area contributed by atoms with E-state index in [1.54, 1.807) is 7.11 Å². The maximum absolute atomic E-state index is 5.19. The number of ether oxygens (including phenoxy) is 1. The highest BCUT2D eigenvalue weighted by Crippen LogP contribution is 2.60. The Morgan fingerprint density at radius 1 is 1.21 bits per heavy atom. The van der Waals surface area contributed by atoms with Crippen molar-refractivity contribution in [1.29, 1.82) is 0 Å². The molecule has 2 nitrogen and oxygen atoms in total. The second kappa shape index (κ2) is 4.36. The predicted molar refractivity (Wildman–Crippen MR) is 79.2 cm³/mol. The van der Waals surface area contributed by atoms with Crippen LogP contribution < -0.4 is 4.74 Å². The van der Waals surface area contributed by atoms with Gasteiger partial charge in [-0.1, -0.05) is 20.8 Å². The Morgan fingerprint density at radius 3 is 2.42 bits per heavy atom. The summed E-state index contributed by atoms with van der Waals surface area (Å²) >= 11 is 0. The molecule has 0 unspecified atom stereocenters. The van der Waals surface area contributed by atoms with Crippen LogP contribution >= 0.6 is 0 Å². The van der Waals surface area contributed by atoms with Gasteiger partial charge in [-0.15, -0.1) is 0 Å². The number of benzene rings is 1. The fourth-order valence-corrected chi connectivity index (χ4v) is 4.05. The van der Waals surface area contributed by atoms with Crippen molar-refractivity contribution in [2.24, 2.45) is 28.2 Å². The minimum atomic E-state index is 0.447. The Labute approximate surface area is 115 Å². The number of methoxy groups -OCH3 is 1. The highest BCUT2D eigenvalue weighted by atomic mass is 16.5. The largest absolute Gasteiger partial charge is 0.497 e. The molecule has 102 valence electrons. The predicted octanol–water partition coefficient (Wildman–Crippen LogP) is 4.47. The summed E-state index contributed by atoms with van der Waals surface area (Å²) in [7, 11) is 1.70. The first-order valence-electron chi connectivity index (χ1n) is 7.24. The monoisotopic (exact) mass is 257 g/mol. The van der Waals surface area contributed by atoms with E-state index < -0.39 is 0 Å². The minimum absolute atomic E-state index is 0.447. The molecular formula is C17H23NO. The number of rotatable bonds is 2. The highest BCUT2D eigenvalue weighted by molar-refractivity contribution is 5.92. The number of nitrogens with zero attached hydrogens (tertiary/aromatic N) is 1. The van der Waals surface area contributed by atoms with Crippen LogP contribution in [0.3, 0.4) is 0 Å². The van der Waals surface area contributed by atoms with E-state index in [1.807, 2.05) is 24.3 Å². The average molecular weight is 257 g/mol. The first-order valence-corrected chi connectivity index (χ1v) is 7.24. The molecule has 0 radical (unpaired) electrons. The fraction of sp³-hybridized carbons (Fsp3) is 0.588. The number of fused-ring (bicyclic) bond motifs is 2. The third-order valence-corrected chi connectivity index (χ3v) is 5.31. The van der Waals surface area contributed by atoms with Crippen molar-refractivity contribution in [3.05, 3.63) is 24.3 Å². The van der Waals surface area contributed by atoms with E-state index in [-0.39, 0.29) is 0 Å². The molecule has 0 N–H and O–H groups in total. The van der Waals surface area contributed by atoms with Crippen molar-refractivity contribution in [3.63, 3.8) is 0 Å². The Kier molecular flexibility index (Phi) is 2.92. The minimum Gasteiger partial charge on any atom is -0.497 e. The number of hydrogen-bond donors (Lipinski definition) is 0. The zero-order valence-corrected chi connectivity index (χ0v) is 12.3. The van der Waals surface area contributed by atoms with Crippen LogP contribution in [0.1, 0.15) is 33.6 Å². The summed E-state index contributed by atoms with van der Waals surface area (Å²) in [5.41, 5.74) is 2.91. The van der Waals surface area contributed by atoms with E-state index in [4.69, 9.17) is 9.73 Å². The van der Waals surface area contributed by atoms with Gasteiger partial charge in [-0.3, -0.25) is 4.99 Å². The molecule has 2 bridgehead atoms.